The molecule has 0 aliphatic rings. The summed E-state index contributed by atoms with van der Waals surface area (Å²) >= 11 is 0. The van der Waals surface area contributed by atoms with Gasteiger partial charge in [-0.15, -0.1) is 0 Å². The van der Waals surface area contributed by atoms with E-state index in [0.717, 1.165) is 0 Å². The Morgan fingerprint density at radius 1 is 0.885 bits per heavy atom. The fourth-order valence-corrected chi connectivity index (χ4v) is 3.17. The zero-order valence-corrected chi connectivity index (χ0v) is 15.2. The fraction of sp³-hybridized carbons (Fsp3) is 0.222. The van der Waals surface area contributed by atoms with Crippen molar-refractivity contribution in [2.75, 3.05) is 17.9 Å². The number of carbonyl (C=O) groups is 2. The Labute approximate surface area is 152 Å². The van der Waals surface area contributed by atoms with Crippen LogP contribution >= 0.6 is 0 Å². The van der Waals surface area contributed by atoms with Crippen LogP contribution in [0.1, 0.15) is 34.6 Å². The van der Waals surface area contributed by atoms with Crippen LogP contribution in [0.15, 0.2) is 53.4 Å². The van der Waals surface area contributed by atoms with Crippen molar-refractivity contribution in [2.45, 2.75) is 18.7 Å². The van der Waals surface area contributed by atoms with Gasteiger partial charge in [-0.2, -0.15) is 0 Å². The zero-order valence-electron chi connectivity index (χ0n) is 14.4. The molecule has 2 aromatic carbocycles. The first-order valence-corrected chi connectivity index (χ1v) is 9.43. The van der Waals surface area contributed by atoms with Crippen LogP contribution in [0.2, 0.25) is 0 Å². The molecule has 0 fully saturated rings. The molecule has 0 aliphatic heterocycles. The number of carbonyl (C=O) groups excluding carboxylic acids is 2. The van der Waals surface area contributed by atoms with Crippen LogP contribution in [0.25, 0.3) is 0 Å². The summed E-state index contributed by atoms with van der Waals surface area (Å²) in [6, 6.07) is 11.4. The Morgan fingerprint density at radius 3 is 2.04 bits per heavy atom. The molecule has 2 rings (SSSR count). The first-order valence-electron chi connectivity index (χ1n) is 7.94. The Balaban J connectivity index is 2.19. The number of rotatable bonds is 7. The molecule has 0 spiro atoms. The van der Waals surface area contributed by atoms with E-state index in [0.29, 0.717) is 0 Å². The van der Waals surface area contributed by atoms with Gasteiger partial charge in [0.15, 0.2) is 0 Å². The van der Waals surface area contributed by atoms with Gasteiger partial charge in [-0.3, -0.25) is 4.72 Å². The predicted octanol–water partition coefficient (Wildman–Crippen LogP) is 2.84. The molecule has 0 amide bonds. The molecule has 138 valence electrons. The van der Waals surface area contributed by atoms with Gasteiger partial charge in [-0.05, 0) is 56.3 Å². The minimum Gasteiger partial charge on any atom is -0.462 e. The largest absolute Gasteiger partial charge is 0.462 e. The molecule has 2 aromatic rings. The quantitative estimate of drug-likeness (QED) is 0.745. The van der Waals surface area contributed by atoms with Gasteiger partial charge in [0, 0.05) is 5.69 Å². The Kier molecular flexibility index (Phi) is 6.35. The molecule has 0 radical (unpaired) electrons. The summed E-state index contributed by atoms with van der Waals surface area (Å²) in [6.07, 6.45) is 0. The van der Waals surface area contributed by atoms with Crippen LogP contribution in [0, 0.1) is 0 Å². The van der Waals surface area contributed by atoms with Crippen molar-refractivity contribution >= 4 is 27.6 Å². The Hall–Kier alpha value is -2.87. The summed E-state index contributed by atoms with van der Waals surface area (Å²) < 4.78 is 37.1. The van der Waals surface area contributed by atoms with E-state index in [2.05, 4.69) is 4.72 Å². The fourth-order valence-electron chi connectivity index (χ4n) is 2.12. The van der Waals surface area contributed by atoms with E-state index in [1.807, 2.05) is 0 Å². The molecule has 0 aromatic heterocycles. The van der Waals surface area contributed by atoms with E-state index in [1.54, 1.807) is 19.9 Å². The molecule has 0 saturated carbocycles. The highest BCUT2D eigenvalue weighted by Crippen LogP contribution is 2.18. The lowest BCUT2D eigenvalue weighted by atomic mass is 10.2. The van der Waals surface area contributed by atoms with Gasteiger partial charge in [-0.25, -0.2) is 18.0 Å². The van der Waals surface area contributed by atoms with Crippen molar-refractivity contribution in [3.8, 4) is 0 Å². The lowest BCUT2D eigenvalue weighted by molar-refractivity contribution is 0.0517. The third-order valence-electron chi connectivity index (χ3n) is 3.30. The van der Waals surface area contributed by atoms with Crippen LogP contribution < -0.4 is 4.72 Å². The van der Waals surface area contributed by atoms with Crippen LogP contribution in [0.4, 0.5) is 5.69 Å². The topological polar surface area (TPSA) is 98.8 Å². The monoisotopic (exact) mass is 377 g/mol. The van der Waals surface area contributed by atoms with Crippen molar-refractivity contribution < 1.29 is 27.5 Å². The second-order valence-electron chi connectivity index (χ2n) is 5.15. The van der Waals surface area contributed by atoms with Gasteiger partial charge < -0.3 is 9.47 Å². The SMILES string of the molecule is CCOC(=O)c1ccc(S(=O)(=O)Nc2cccc(C(=O)OCC)c2)cc1. The molecule has 0 atom stereocenters. The molecule has 1 N–H and O–H groups in total. The highest BCUT2D eigenvalue weighted by Gasteiger charge is 2.16. The standard InChI is InChI=1S/C18H19NO6S/c1-3-24-17(20)13-8-10-16(11-9-13)26(22,23)19-15-7-5-6-14(12-15)18(21)25-4-2/h5-12,19H,3-4H2,1-2H3. The van der Waals surface area contributed by atoms with E-state index in [4.69, 9.17) is 9.47 Å². The maximum Gasteiger partial charge on any atom is 0.338 e. The number of ether oxygens (including phenoxy) is 2. The van der Waals surface area contributed by atoms with Gasteiger partial charge in [0.05, 0.1) is 29.2 Å². The first kappa shape index (κ1) is 19.5. The molecule has 0 bridgehead atoms. The number of anilines is 1. The van der Waals surface area contributed by atoms with E-state index in [1.165, 1.54) is 42.5 Å². The highest BCUT2D eigenvalue weighted by molar-refractivity contribution is 7.92. The van der Waals surface area contributed by atoms with Crippen molar-refractivity contribution in [3.05, 3.63) is 59.7 Å². The third-order valence-corrected chi connectivity index (χ3v) is 4.70. The smallest absolute Gasteiger partial charge is 0.338 e. The van der Waals surface area contributed by atoms with Gasteiger partial charge in [0.2, 0.25) is 0 Å². The Morgan fingerprint density at radius 2 is 1.46 bits per heavy atom. The minimum absolute atomic E-state index is 0.0212. The van der Waals surface area contributed by atoms with E-state index in [-0.39, 0.29) is 34.9 Å². The minimum atomic E-state index is -3.88. The lowest BCUT2D eigenvalue weighted by Crippen LogP contribution is -2.14. The Bertz CT molecular complexity index is 890. The highest BCUT2D eigenvalue weighted by atomic mass is 32.2. The van der Waals surface area contributed by atoms with E-state index in [9.17, 15) is 18.0 Å². The summed E-state index contributed by atoms with van der Waals surface area (Å²) in [4.78, 5) is 23.3. The van der Waals surface area contributed by atoms with Gasteiger partial charge in [-0.1, -0.05) is 6.07 Å². The average Bonchev–Trinajstić information content (AvgIpc) is 2.62. The lowest BCUT2D eigenvalue weighted by Gasteiger charge is -2.10. The van der Waals surface area contributed by atoms with Crippen molar-refractivity contribution in [3.63, 3.8) is 0 Å². The van der Waals surface area contributed by atoms with E-state index < -0.39 is 22.0 Å². The first-order chi connectivity index (χ1) is 12.4. The van der Waals surface area contributed by atoms with Crippen LogP contribution in [-0.2, 0) is 19.5 Å². The maximum atomic E-state index is 12.5. The number of benzene rings is 2. The second kappa shape index (κ2) is 8.48. The van der Waals surface area contributed by atoms with Crippen LogP contribution in [0.3, 0.4) is 0 Å². The van der Waals surface area contributed by atoms with Gasteiger partial charge in [0.25, 0.3) is 10.0 Å². The second-order valence-corrected chi connectivity index (χ2v) is 6.83. The molecular formula is C18H19NO6S. The van der Waals surface area contributed by atoms with Crippen molar-refractivity contribution in [1.82, 2.24) is 0 Å². The van der Waals surface area contributed by atoms with Crippen LogP contribution in [-0.4, -0.2) is 33.6 Å². The predicted molar refractivity (Wildman–Crippen MR) is 95.6 cm³/mol. The molecule has 8 heteroatoms. The number of hydrogen-bond donors (Lipinski definition) is 1. The number of nitrogens with one attached hydrogen (secondary N) is 1. The molecule has 7 nitrogen and oxygen atoms in total. The van der Waals surface area contributed by atoms with Crippen molar-refractivity contribution in [2.24, 2.45) is 0 Å². The third kappa shape index (κ3) is 4.82. The van der Waals surface area contributed by atoms with Crippen LogP contribution in [0.5, 0.6) is 0 Å². The summed E-state index contributed by atoms with van der Waals surface area (Å²) in [5.41, 5.74) is 0.727. The average molecular weight is 377 g/mol. The summed E-state index contributed by atoms with van der Waals surface area (Å²) in [5, 5.41) is 0. The molecule has 0 heterocycles. The zero-order chi connectivity index (χ0) is 19.2. The summed E-state index contributed by atoms with van der Waals surface area (Å²) in [6.45, 7) is 3.83. The number of esters is 2. The van der Waals surface area contributed by atoms with Gasteiger partial charge >= 0.3 is 11.9 Å². The summed E-state index contributed by atoms with van der Waals surface area (Å²) in [5.74, 6) is -1.06. The number of hydrogen-bond acceptors (Lipinski definition) is 6. The molecule has 0 saturated heterocycles. The molecule has 26 heavy (non-hydrogen) atoms. The molecule has 0 unspecified atom stereocenters. The van der Waals surface area contributed by atoms with E-state index >= 15 is 0 Å². The molecular weight excluding hydrogens is 358 g/mol. The van der Waals surface area contributed by atoms with Gasteiger partial charge in [0.1, 0.15) is 0 Å². The summed E-state index contributed by atoms with van der Waals surface area (Å²) in [7, 11) is -3.88. The van der Waals surface area contributed by atoms with Crippen molar-refractivity contribution in [1.29, 1.82) is 0 Å². The normalized spacial score (nSPS) is 10.8. The maximum absolute atomic E-state index is 12.5. The number of sulfonamides is 1. The molecule has 0 aliphatic carbocycles.